The lowest BCUT2D eigenvalue weighted by Crippen LogP contribution is -2.26. The Kier molecular flexibility index (Phi) is 3.12. The van der Waals surface area contributed by atoms with Crippen LogP contribution < -0.4 is 4.90 Å². The number of ketones is 1. The van der Waals surface area contributed by atoms with Gasteiger partial charge in [-0.15, -0.1) is 0 Å². The largest absolute Gasteiger partial charge is 0.298 e. The van der Waals surface area contributed by atoms with Gasteiger partial charge in [0.1, 0.15) is 11.5 Å². The van der Waals surface area contributed by atoms with Crippen molar-refractivity contribution in [2.24, 2.45) is 0 Å². The minimum atomic E-state index is -0.796. The third kappa shape index (κ3) is 2.10. The highest BCUT2D eigenvalue weighted by Gasteiger charge is 2.34. The van der Waals surface area contributed by atoms with Gasteiger partial charge in [-0.2, -0.15) is 0 Å². The van der Waals surface area contributed by atoms with E-state index in [2.05, 4.69) is 15.9 Å². The molecule has 1 aliphatic heterocycles. The number of rotatable bonds is 2. The third-order valence-electron chi connectivity index (χ3n) is 2.46. The smallest absolute Gasteiger partial charge is 0.297 e. The summed E-state index contributed by atoms with van der Waals surface area (Å²) in [6, 6.07) is 1.73. The predicted octanol–water partition coefficient (Wildman–Crippen LogP) is 1.80. The van der Waals surface area contributed by atoms with Crippen molar-refractivity contribution < 1.29 is 18.9 Å². The summed E-state index contributed by atoms with van der Waals surface area (Å²) in [4.78, 5) is 33.8. The van der Waals surface area contributed by atoms with Gasteiger partial charge in [-0.25, -0.2) is 4.39 Å². The zero-order valence-electron chi connectivity index (χ0n) is 8.85. The number of nitro groups is 1. The van der Waals surface area contributed by atoms with Crippen LogP contribution in [-0.2, 0) is 9.59 Å². The normalized spacial score (nSPS) is 15.3. The molecule has 0 spiro atoms. The SMILES string of the molecule is O=C1CC(=O)N(c2c(Br)cc(F)cc2[N+](=O)[O-])C1. The van der Waals surface area contributed by atoms with Crippen LogP contribution in [0.2, 0.25) is 0 Å². The number of nitrogens with zero attached hydrogens (tertiary/aromatic N) is 2. The molecule has 0 radical (unpaired) electrons. The van der Waals surface area contributed by atoms with Crippen LogP contribution in [-0.4, -0.2) is 23.2 Å². The number of nitro benzene ring substituents is 1. The van der Waals surface area contributed by atoms with Crippen LogP contribution in [0.15, 0.2) is 16.6 Å². The fraction of sp³-hybridized carbons (Fsp3) is 0.200. The van der Waals surface area contributed by atoms with Gasteiger partial charge in [0.15, 0.2) is 5.78 Å². The highest BCUT2D eigenvalue weighted by molar-refractivity contribution is 9.10. The maximum absolute atomic E-state index is 13.1. The lowest BCUT2D eigenvalue weighted by atomic mass is 10.2. The summed E-state index contributed by atoms with van der Waals surface area (Å²) in [7, 11) is 0. The van der Waals surface area contributed by atoms with Crippen LogP contribution in [0.4, 0.5) is 15.8 Å². The second kappa shape index (κ2) is 4.45. The number of hydrogen-bond acceptors (Lipinski definition) is 4. The van der Waals surface area contributed by atoms with Crippen molar-refractivity contribution in [2.45, 2.75) is 6.42 Å². The minimum Gasteiger partial charge on any atom is -0.298 e. The number of halogens is 2. The molecule has 0 aliphatic carbocycles. The fourth-order valence-corrected chi connectivity index (χ4v) is 2.38. The van der Waals surface area contributed by atoms with E-state index in [1.807, 2.05) is 0 Å². The van der Waals surface area contributed by atoms with Gasteiger partial charge in [-0.1, -0.05) is 0 Å². The molecule has 1 amide bonds. The Hall–Kier alpha value is -1.83. The van der Waals surface area contributed by atoms with E-state index in [-0.39, 0.29) is 28.9 Å². The average Bonchev–Trinajstić information content (AvgIpc) is 2.56. The van der Waals surface area contributed by atoms with E-state index in [1.165, 1.54) is 0 Å². The fourth-order valence-electron chi connectivity index (χ4n) is 1.75. The molecule has 0 atom stereocenters. The summed E-state index contributed by atoms with van der Waals surface area (Å²) in [5.41, 5.74) is -0.637. The highest BCUT2D eigenvalue weighted by atomic mass is 79.9. The Morgan fingerprint density at radius 1 is 1.39 bits per heavy atom. The summed E-state index contributed by atoms with van der Waals surface area (Å²) >= 11 is 2.97. The molecule has 0 saturated carbocycles. The Morgan fingerprint density at radius 2 is 2.06 bits per heavy atom. The van der Waals surface area contributed by atoms with Crippen molar-refractivity contribution in [3.63, 3.8) is 0 Å². The Bertz CT molecular complexity index is 575. The van der Waals surface area contributed by atoms with E-state index in [4.69, 9.17) is 0 Å². The Balaban J connectivity index is 2.59. The first-order chi connectivity index (χ1) is 8.40. The number of amides is 1. The summed E-state index contributed by atoms with van der Waals surface area (Å²) in [5.74, 6) is -1.66. The highest BCUT2D eigenvalue weighted by Crippen LogP contribution is 2.38. The number of benzene rings is 1. The number of carbonyl (C=O) groups is 2. The topological polar surface area (TPSA) is 80.5 Å². The maximum Gasteiger partial charge on any atom is 0.297 e. The molecule has 2 rings (SSSR count). The molecular weight excluding hydrogens is 311 g/mol. The minimum absolute atomic E-state index is 0.0669. The van der Waals surface area contributed by atoms with Crippen molar-refractivity contribution >= 4 is 39.0 Å². The van der Waals surface area contributed by atoms with Crippen molar-refractivity contribution in [3.8, 4) is 0 Å². The molecule has 1 aliphatic rings. The van der Waals surface area contributed by atoms with Crippen LogP contribution in [0.25, 0.3) is 0 Å². The summed E-state index contributed by atoms with van der Waals surface area (Å²) < 4.78 is 13.2. The molecule has 6 nitrogen and oxygen atoms in total. The molecule has 18 heavy (non-hydrogen) atoms. The molecule has 1 heterocycles. The quantitative estimate of drug-likeness (QED) is 0.473. The summed E-state index contributed by atoms with van der Waals surface area (Å²) in [5, 5.41) is 10.9. The third-order valence-corrected chi connectivity index (χ3v) is 3.06. The first-order valence-electron chi connectivity index (χ1n) is 4.85. The molecular formula is C10H6BrFN2O4. The molecule has 0 bridgehead atoms. The molecule has 1 aromatic carbocycles. The Morgan fingerprint density at radius 3 is 2.56 bits per heavy atom. The number of carbonyl (C=O) groups excluding carboxylic acids is 2. The Labute approximate surface area is 109 Å². The van der Waals surface area contributed by atoms with Crippen LogP contribution in [0, 0.1) is 15.9 Å². The van der Waals surface area contributed by atoms with Gasteiger partial charge in [-0.05, 0) is 22.0 Å². The molecule has 1 aromatic rings. The van der Waals surface area contributed by atoms with Gasteiger partial charge in [0.2, 0.25) is 5.91 Å². The van der Waals surface area contributed by atoms with Crippen LogP contribution in [0.1, 0.15) is 6.42 Å². The number of hydrogen-bond donors (Lipinski definition) is 0. The van der Waals surface area contributed by atoms with E-state index in [1.54, 1.807) is 0 Å². The predicted molar refractivity (Wildman–Crippen MR) is 62.7 cm³/mol. The lowest BCUT2D eigenvalue weighted by molar-refractivity contribution is -0.384. The van der Waals surface area contributed by atoms with Gasteiger partial charge in [0, 0.05) is 0 Å². The van der Waals surface area contributed by atoms with Crippen LogP contribution >= 0.6 is 15.9 Å². The van der Waals surface area contributed by atoms with Crippen LogP contribution in [0.3, 0.4) is 0 Å². The first-order valence-corrected chi connectivity index (χ1v) is 5.65. The van der Waals surface area contributed by atoms with Crippen molar-refractivity contribution in [1.29, 1.82) is 0 Å². The molecule has 0 aromatic heterocycles. The van der Waals surface area contributed by atoms with Gasteiger partial charge >= 0.3 is 0 Å². The van der Waals surface area contributed by atoms with Crippen molar-refractivity contribution in [1.82, 2.24) is 0 Å². The molecule has 1 saturated heterocycles. The van der Waals surface area contributed by atoms with Gasteiger partial charge < -0.3 is 0 Å². The molecule has 0 N–H and O–H groups in total. The van der Waals surface area contributed by atoms with Gasteiger partial charge in [0.05, 0.1) is 28.4 Å². The summed E-state index contributed by atoms with van der Waals surface area (Å²) in [6.07, 6.45) is -0.291. The van der Waals surface area contributed by atoms with E-state index >= 15 is 0 Å². The van der Waals surface area contributed by atoms with E-state index in [9.17, 15) is 24.1 Å². The monoisotopic (exact) mass is 316 g/mol. The molecule has 1 fully saturated rings. The van der Waals surface area contributed by atoms with Gasteiger partial charge in [-0.3, -0.25) is 24.6 Å². The van der Waals surface area contributed by atoms with Gasteiger partial charge in [0.25, 0.3) is 5.69 Å². The van der Waals surface area contributed by atoms with E-state index in [0.717, 1.165) is 17.0 Å². The maximum atomic E-state index is 13.1. The number of Topliss-reactive ketones (excluding diaryl/α,β-unsaturated/α-hetero) is 1. The van der Waals surface area contributed by atoms with Crippen molar-refractivity contribution in [2.75, 3.05) is 11.4 Å². The zero-order valence-corrected chi connectivity index (χ0v) is 10.4. The molecule has 94 valence electrons. The van der Waals surface area contributed by atoms with Crippen LogP contribution in [0.5, 0.6) is 0 Å². The second-order valence-corrected chi connectivity index (χ2v) is 4.56. The molecule has 0 unspecified atom stereocenters. The standard InChI is InChI=1S/C10H6BrFN2O4/c11-7-1-5(12)2-8(14(17)18)10(7)13-4-6(15)3-9(13)16/h1-2H,3-4H2. The zero-order chi connectivity index (χ0) is 13.4. The first kappa shape index (κ1) is 12.6. The summed E-state index contributed by atoms with van der Waals surface area (Å²) in [6.45, 7) is -0.232. The molecule has 8 heteroatoms. The number of anilines is 1. The van der Waals surface area contributed by atoms with Crippen molar-refractivity contribution in [3.05, 3.63) is 32.5 Å². The average molecular weight is 317 g/mol. The van der Waals surface area contributed by atoms with E-state index in [0.29, 0.717) is 0 Å². The lowest BCUT2D eigenvalue weighted by Gasteiger charge is -2.16. The second-order valence-electron chi connectivity index (χ2n) is 3.71. The van der Waals surface area contributed by atoms with E-state index < -0.39 is 22.3 Å².